The van der Waals surface area contributed by atoms with Crippen molar-refractivity contribution in [2.75, 3.05) is 25.0 Å². The van der Waals surface area contributed by atoms with Gasteiger partial charge in [0.25, 0.3) is 5.69 Å². The minimum absolute atomic E-state index is 0.152. The molecule has 0 unspecified atom stereocenters. The third kappa shape index (κ3) is 7.44. The molecule has 1 saturated heterocycles. The Morgan fingerprint density at radius 1 is 1.16 bits per heavy atom. The van der Waals surface area contributed by atoms with Crippen LogP contribution in [0, 0.1) is 10.1 Å². The van der Waals surface area contributed by atoms with Crippen molar-refractivity contribution in [1.29, 1.82) is 0 Å². The molecule has 1 aromatic carbocycles. The first kappa shape index (κ1) is 20.1. The fourth-order valence-corrected chi connectivity index (χ4v) is 2.35. The largest absolute Gasteiger partial charge is 0.478 e. The smallest absolute Gasteiger partial charge is 0.328 e. The highest BCUT2D eigenvalue weighted by molar-refractivity contribution is 5.89. The van der Waals surface area contributed by atoms with Gasteiger partial charge in [0.15, 0.2) is 0 Å². The Labute approximate surface area is 144 Å². The summed E-state index contributed by atoms with van der Waals surface area (Å²) < 4.78 is 0. The number of benzene rings is 1. The first-order chi connectivity index (χ1) is 11.8. The van der Waals surface area contributed by atoms with Crippen LogP contribution in [-0.2, 0) is 9.59 Å². The topological polar surface area (TPSA) is 133 Å². The van der Waals surface area contributed by atoms with E-state index in [2.05, 4.69) is 10.2 Å². The monoisotopic (exact) mass is 351 g/mol. The summed E-state index contributed by atoms with van der Waals surface area (Å²) in [4.78, 5) is 31.6. The van der Waals surface area contributed by atoms with Crippen molar-refractivity contribution >= 4 is 23.3 Å². The van der Waals surface area contributed by atoms with Gasteiger partial charge in [0, 0.05) is 49.1 Å². The Morgan fingerprint density at radius 3 is 2.00 bits per heavy atom. The molecule has 0 amide bonds. The summed E-state index contributed by atoms with van der Waals surface area (Å²) in [5.41, 5.74) is 1.23. The molecule has 1 aromatic rings. The molecule has 0 saturated carbocycles. The Morgan fingerprint density at radius 2 is 1.64 bits per heavy atom. The van der Waals surface area contributed by atoms with Crippen molar-refractivity contribution in [3.8, 4) is 0 Å². The van der Waals surface area contributed by atoms with E-state index in [1.807, 2.05) is 19.2 Å². The Kier molecular flexibility index (Phi) is 8.07. The number of aliphatic carboxylic acids is 2. The van der Waals surface area contributed by atoms with Gasteiger partial charge in [0.1, 0.15) is 0 Å². The van der Waals surface area contributed by atoms with Crippen LogP contribution >= 0.6 is 0 Å². The van der Waals surface area contributed by atoms with E-state index >= 15 is 0 Å². The van der Waals surface area contributed by atoms with Crippen LogP contribution < -0.4 is 10.2 Å². The van der Waals surface area contributed by atoms with Gasteiger partial charge in [0.05, 0.1) is 4.92 Å². The van der Waals surface area contributed by atoms with Crippen LogP contribution in [0.4, 0.5) is 11.4 Å². The molecule has 2 rings (SSSR count). The highest BCUT2D eigenvalue weighted by Gasteiger charge is 2.18. The van der Waals surface area contributed by atoms with Gasteiger partial charge in [-0.3, -0.25) is 10.1 Å². The number of piperidine rings is 1. The summed E-state index contributed by atoms with van der Waals surface area (Å²) in [7, 11) is 1.99. The van der Waals surface area contributed by atoms with Gasteiger partial charge in [0.2, 0.25) is 0 Å². The van der Waals surface area contributed by atoms with Crippen LogP contribution in [0.2, 0.25) is 0 Å². The zero-order valence-corrected chi connectivity index (χ0v) is 13.8. The molecule has 1 fully saturated rings. The molecule has 136 valence electrons. The minimum atomic E-state index is -1.26. The van der Waals surface area contributed by atoms with Gasteiger partial charge in [-0.05, 0) is 32.0 Å². The summed E-state index contributed by atoms with van der Waals surface area (Å²) >= 11 is 0. The number of hydrogen-bond acceptors (Lipinski definition) is 6. The maximum absolute atomic E-state index is 10.6. The second-order valence-electron chi connectivity index (χ2n) is 5.33. The van der Waals surface area contributed by atoms with E-state index in [-0.39, 0.29) is 10.6 Å². The van der Waals surface area contributed by atoms with Gasteiger partial charge < -0.3 is 20.4 Å². The zero-order chi connectivity index (χ0) is 18.8. The van der Waals surface area contributed by atoms with Crippen LogP contribution in [0.25, 0.3) is 0 Å². The number of anilines is 1. The lowest BCUT2D eigenvalue weighted by molar-refractivity contribution is -0.384. The average molecular weight is 351 g/mol. The van der Waals surface area contributed by atoms with Crippen LogP contribution in [0.5, 0.6) is 0 Å². The third-order valence-electron chi connectivity index (χ3n) is 3.70. The molecule has 0 aliphatic carbocycles. The number of nitro groups is 1. The Bertz CT molecular complexity index is 605. The van der Waals surface area contributed by atoms with Crippen molar-refractivity contribution in [2.24, 2.45) is 0 Å². The minimum Gasteiger partial charge on any atom is -0.478 e. The Hall–Kier alpha value is -2.94. The summed E-state index contributed by atoms with van der Waals surface area (Å²) in [5, 5.41) is 29.5. The van der Waals surface area contributed by atoms with Crippen molar-refractivity contribution in [1.82, 2.24) is 5.32 Å². The zero-order valence-electron chi connectivity index (χ0n) is 13.8. The highest BCUT2D eigenvalue weighted by Crippen LogP contribution is 2.22. The number of nitrogens with zero attached hydrogens (tertiary/aromatic N) is 2. The molecule has 0 bridgehead atoms. The van der Waals surface area contributed by atoms with Crippen molar-refractivity contribution in [2.45, 2.75) is 18.9 Å². The molecule has 3 N–H and O–H groups in total. The molecule has 0 radical (unpaired) electrons. The quantitative estimate of drug-likeness (QED) is 0.413. The van der Waals surface area contributed by atoms with Gasteiger partial charge in [-0.25, -0.2) is 9.59 Å². The molecule has 1 aliphatic heterocycles. The lowest BCUT2D eigenvalue weighted by atomic mass is 10.0. The standard InChI is InChI=1S/C12H17N3O2.C4H4O4/c1-13-10-6-8-14(9-7-10)11-2-4-12(5-3-11)15(16)17;5-3(6)1-2-4(7)8/h2-5,10,13H,6-9H2,1H3;1-2H,(H,5,6)(H,7,8)/b;2-1+. The van der Waals surface area contributed by atoms with E-state index in [9.17, 15) is 19.7 Å². The summed E-state index contributed by atoms with van der Waals surface area (Å²) in [6.07, 6.45) is 3.35. The van der Waals surface area contributed by atoms with Gasteiger partial charge in [-0.2, -0.15) is 0 Å². The fourth-order valence-electron chi connectivity index (χ4n) is 2.35. The number of rotatable bonds is 5. The molecule has 0 spiro atoms. The molecule has 25 heavy (non-hydrogen) atoms. The van der Waals surface area contributed by atoms with Gasteiger partial charge in [-0.1, -0.05) is 0 Å². The third-order valence-corrected chi connectivity index (χ3v) is 3.70. The first-order valence-corrected chi connectivity index (χ1v) is 7.64. The van der Waals surface area contributed by atoms with Crippen molar-refractivity contribution in [3.63, 3.8) is 0 Å². The van der Waals surface area contributed by atoms with Crippen LogP contribution in [0.3, 0.4) is 0 Å². The van der Waals surface area contributed by atoms with E-state index in [4.69, 9.17) is 10.2 Å². The van der Waals surface area contributed by atoms with E-state index in [0.717, 1.165) is 31.6 Å². The lowest BCUT2D eigenvalue weighted by Crippen LogP contribution is -2.41. The molecular formula is C16H21N3O6. The molecule has 9 heteroatoms. The molecule has 1 aliphatic rings. The average Bonchev–Trinajstić information content (AvgIpc) is 2.60. The number of carbonyl (C=O) groups is 2. The van der Waals surface area contributed by atoms with Crippen LogP contribution in [0.15, 0.2) is 36.4 Å². The lowest BCUT2D eigenvalue weighted by Gasteiger charge is -2.33. The molecule has 9 nitrogen and oxygen atoms in total. The normalized spacial score (nSPS) is 14.7. The fraction of sp³-hybridized carbons (Fsp3) is 0.375. The SMILES string of the molecule is CNC1CCN(c2ccc([N+](=O)[O-])cc2)CC1.O=C(O)/C=C/C(=O)O. The number of carboxylic acid groups (broad SMARTS) is 2. The number of nitro benzene ring substituents is 1. The van der Waals surface area contributed by atoms with E-state index in [1.165, 1.54) is 0 Å². The molecule has 0 atom stereocenters. The Balaban J connectivity index is 0.000000333. The number of nitrogens with one attached hydrogen (secondary N) is 1. The highest BCUT2D eigenvalue weighted by atomic mass is 16.6. The molecule has 0 aromatic heterocycles. The number of hydrogen-bond donors (Lipinski definition) is 3. The van der Waals surface area contributed by atoms with E-state index in [0.29, 0.717) is 18.2 Å². The summed E-state index contributed by atoms with van der Waals surface area (Å²) in [6.45, 7) is 2.01. The number of non-ortho nitro benzene ring substituents is 1. The van der Waals surface area contributed by atoms with Crippen molar-refractivity contribution < 1.29 is 24.7 Å². The predicted octanol–water partition coefficient (Wildman–Crippen LogP) is 1.49. The van der Waals surface area contributed by atoms with E-state index in [1.54, 1.807) is 12.1 Å². The second kappa shape index (κ2) is 10.0. The van der Waals surface area contributed by atoms with Crippen LogP contribution in [0.1, 0.15) is 12.8 Å². The van der Waals surface area contributed by atoms with Gasteiger partial charge >= 0.3 is 11.9 Å². The first-order valence-electron chi connectivity index (χ1n) is 7.64. The van der Waals surface area contributed by atoms with Crippen molar-refractivity contribution in [3.05, 3.63) is 46.5 Å². The second-order valence-corrected chi connectivity index (χ2v) is 5.33. The molecular weight excluding hydrogens is 330 g/mol. The maximum atomic E-state index is 10.6. The summed E-state index contributed by atoms with van der Waals surface area (Å²) in [5.74, 6) is -2.51. The molecule has 1 heterocycles. The van der Waals surface area contributed by atoms with E-state index < -0.39 is 11.9 Å². The number of carboxylic acids is 2. The summed E-state index contributed by atoms with van der Waals surface area (Å²) in [6, 6.07) is 7.40. The predicted molar refractivity (Wildman–Crippen MR) is 91.8 cm³/mol. The van der Waals surface area contributed by atoms with Gasteiger partial charge in [-0.15, -0.1) is 0 Å². The maximum Gasteiger partial charge on any atom is 0.328 e. The van der Waals surface area contributed by atoms with Crippen LogP contribution in [-0.4, -0.2) is 53.3 Å².